The van der Waals surface area contributed by atoms with Crippen molar-refractivity contribution >= 4 is 7.28 Å². The van der Waals surface area contributed by atoms with Crippen LogP contribution in [0.4, 0.5) is 0 Å². The lowest BCUT2D eigenvalue weighted by atomic mass is 9.68. The molecule has 0 saturated heterocycles. The maximum atomic E-state index is 8.07. The van der Waals surface area contributed by atoms with Crippen LogP contribution in [0, 0.1) is 0 Å². The van der Waals surface area contributed by atoms with Crippen LogP contribution in [0.15, 0.2) is 0 Å². The standard InChI is InChI=1S/C8H19B.C4H10O/c1-3-5-7-9-8-6-4-2;1-2-3-4-5/h9H,3-8H2,1-2H3;5H,2-4H2,1H3. The van der Waals surface area contributed by atoms with Crippen LogP contribution < -0.4 is 0 Å². The Morgan fingerprint density at radius 3 is 1.43 bits per heavy atom. The van der Waals surface area contributed by atoms with Gasteiger partial charge in [0.2, 0.25) is 0 Å². The van der Waals surface area contributed by atoms with E-state index in [2.05, 4.69) is 20.8 Å². The first-order valence-electron chi connectivity index (χ1n) is 6.44. The molecule has 0 fully saturated rings. The molecule has 0 aliphatic heterocycles. The van der Waals surface area contributed by atoms with Crippen LogP contribution in [0.25, 0.3) is 0 Å². The molecule has 0 amide bonds. The lowest BCUT2D eigenvalue weighted by Crippen LogP contribution is -1.87. The Morgan fingerprint density at radius 1 is 0.786 bits per heavy atom. The van der Waals surface area contributed by atoms with Crippen LogP contribution >= 0.6 is 0 Å². The number of aliphatic hydroxyl groups is 1. The molecule has 0 aromatic carbocycles. The second-order valence-corrected chi connectivity index (χ2v) is 3.84. The summed E-state index contributed by atoms with van der Waals surface area (Å²) in [5.74, 6) is 0. The normalized spacial score (nSPS) is 9.14. The van der Waals surface area contributed by atoms with Crippen LogP contribution in [0.5, 0.6) is 0 Å². The van der Waals surface area contributed by atoms with E-state index in [1.807, 2.05) is 0 Å². The van der Waals surface area contributed by atoms with Gasteiger partial charge in [-0.15, -0.1) is 0 Å². The fourth-order valence-corrected chi connectivity index (χ4v) is 1.19. The van der Waals surface area contributed by atoms with E-state index in [1.165, 1.54) is 45.6 Å². The van der Waals surface area contributed by atoms with E-state index < -0.39 is 0 Å². The summed E-state index contributed by atoms with van der Waals surface area (Å²) in [5.41, 5.74) is 0. The Hall–Kier alpha value is 0.0249. The van der Waals surface area contributed by atoms with Gasteiger partial charge in [-0.3, -0.25) is 0 Å². The lowest BCUT2D eigenvalue weighted by Gasteiger charge is -1.93. The van der Waals surface area contributed by atoms with Gasteiger partial charge in [-0.25, -0.2) is 0 Å². The maximum Gasteiger partial charge on any atom is 0.120 e. The summed E-state index contributed by atoms with van der Waals surface area (Å²) in [6, 6.07) is 0. The van der Waals surface area contributed by atoms with Crippen LogP contribution in [0.1, 0.15) is 59.3 Å². The molecule has 0 aromatic heterocycles. The topological polar surface area (TPSA) is 20.2 Å². The Kier molecular flexibility index (Phi) is 22.0. The molecule has 14 heavy (non-hydrogen) atoms. The van der Waals surface area contributed by atoms with Gasteiger partial charge in [0, 0.05) is 6.61 Å². The second-order valence-electron chi connectivity index (χ2n) is 3.84. The Bertz CT molecular complexity index is 68.7. The van der Waals surface area contributed by atoms with E-state index in [0.29, 0.717) is 6.61 Å². The zero-order valence-electron chi connectivity index (χ0n) is 10.5. The van der Waals surface area contributed by atoms with Crippen molar-refractivity contribution in [3.05, 3.63) is 0 Å². The van der Waals surface area contributed by atoms with E-state index in [-0.39, 0.29) is 0 Å². The van der Waals surface area contributed by atoms with Crippen LogP contribution in [-0.2, 0) is 0 Å². The summed E-state index contributed by atoms with van der Waals surface area (Å²) >= 11 is 0. The monoisotopic (exact) mass is 200 g/mol. The van der Waals surface area contributed by atoms with Gasteiger partial charge < -0.3 is 5.11 Å². The SMILES string of the molecule is CCCCBCCCC.CCCCO. The largest absolute Gasteiger partial charge is 0.396 e. The molecule has 1 nitrogen and oxygen atoms in total. The van der Waals surface area contributed by atoms with Crippen LogP contribution in [0.3, 0.4) is 0 Å². The Morgan fingerprint density at radius 2 is 1.21 bits per heavy atom. The van der Waals surface area contributed by atoms with Crippen molar-refractivity contribution in [2.75, 3.05) is 6.61 Å². The van der Waals surface area contributed by atoms with Crippen molar-refractivity contribution in [2.24, 2.45) is 0 Å². The molecular formula is C12H29BO. The zero-order chi connectivity index (χ0) is 11.1. The molecule has 1 N–H and O–H groups in total. The van der Waals surface area contributed by atoms with Crippen molar-refractivity contribution in [3.8, 4) is 0 Å². The van der Waals surface area contributed by atoms with Crippen LogP contribution in [-0.4, -0.2) is 19.0 Å². The van der Waals surface area contributed by atoms with Gasteiger partial charge in [0.25, 0.3) is 0 Å². The fraction of sp³-hybridized carbons (Fsp3) is 1.00. The van der Waals surface area contributed by atoms with Crippen molar-refractivity contribution in [1.29, 1.82) is 0 Å². The minimum Gasteiger partial charge on any atom is -0.396 e. The molecule has 0 atom stereocenters. The molecule has 0 aliphatic carbocycles. The first kappa shape index (κ1) is 16.5. The number of unbranched alkanes of at least 4 members (excludes halogenated alkanes) is 3. The molecule has 0 aromatic rings. The van der Waals surface area contributed by atoms with Gasteiger partial charge in [-0.1, -0.05) is 65.5 Å². The smallest absolute Gasteiger partial charge is 0.120 e. The molecule has 0 radical (unpaired) electrons. The van der Waals surface area contributed by atoms with E-state index in [1.54, 1.807) is 0 Å². The van der Waals surface area contributed by atoms with Crippen LogP contribution in [0.2, 0.25) is 12.6 Å². The van der Waals surface area contributed by atoms with E-state index in [0.717, 1.165) is 12.8 Å². The average Bonchev–Trinajstić information content (AvgIpc) is 2.20. The predicted octanol–water partition coefficient (Wildman–Crippen LogP) is 3.64. The number of hydrogen-bond acceptors (Lipinski definition) is 1. The van der Waals surface area contributed by atoms with Crippen molar-refractivity contribution in [3.63, 3.8) is 0 Å². The second kappa shape index (κ2) is 18.7. The highest BCUT2D eigenvalue weighted by atomic mass is 16.2. The average molecular weight is 200 g/mol. The molecular weight excluding hydrogens is 171 g/mol. The van der Waals surface area contributed by atoms with Gasteiger partial charge in [0.1, 0.15) is 7.28 Å². The fourth-order valence-electron chi connectivity index (χ4n) is 1.19. The zero-order valence-corrected chi connectivity index (χ0v) is 10.5. The minimum absolute atomic E-state index is 0.344. The molecule has 0 unspecified atom stereocenters. The predicted molar refractivity (Wildman–Crippen MR) is 68.6 cm³/mol. The molecule has 0 aliphatic rings. The van der Waals surface area contributed by atoms with Gasteiger partial charge >= 0.3 is 0 Å². The van der Waals surface area contributed by atoms with Crippen molar-refractivity contribution < 1.29 is 5.11 Å². The minimum atomic E-state index is 0.344. The van der Waals surface area contributed by atoms with Gasteiger partial charge in [0.05, 0.1) is 0 Å². The first-order valence-corrected chi connectivity index (χ1v) is 6.44. The third-order valence-corrected chi connectivity index (χ3v) is 2.22. The molecule has 86 valence electrons. The summed E-state index contributed by atoms with van der Waals surface area (Å²) in [6.07, 6.45) is 10.6. The van der Waals surface area contributed by atoms with Gasteiger partial charge in [0.15, 0.2) is 0 Å². The lowest BCUT2D eigenvalue weighted by molar-refractivity contribution is 0.287. The third-order valence-electron chi connectivity index (χ3n) is 2.22. The quantitative estimate of drug-likeness (QED) is 0.468. The maximum absolute atomic E-state index is 8.07. The number of rotatable bonds is 8. The molecule has 0 bridgehead atoms. The molecule has 0 saturated carbocycles. The molecule has 0 heterocycles. The van der Waals surface area contributed by atoms with E-state index in [4.69, 9.17) is 5.11 Å². The summed E-state index contributed by atoms with van der Waals surface area (Å²) in [5, 5.41) is 8.07. The van der Waals surface area contributed by atoms with E-state index in [9.17, 15) is 0 Å². The summed E-state index contributed by atoms with van der Waals surface area (Å²) in [4.78, 5) is 0. The highest BCUT2D eigenvalue weighted by Gasteiger charge is 1.88. The number of aliphatic hydroxyl groups excluding tert-OH is 1. The molecule has 2 heteroatoms. The van der Waals surface area contributed by atoms with E-state index >= 15 is 0 Å². The number of hydrogen-bond donors (Lipinski definition) is 1. The Labute approximate surface area is 91.5 Å². The van der Waals surface area contributed by atoms with Gasteiger partial charge in [-0.2, -0.15) is 0 Å². The summed E-state index contributed by atoms with van der Waals surface area (Å²) in [6.45, 7) is 6.92. The van der Waals surface area contributed by atoms with Gasteiger partial charge in [-0.05, 0) is 6.42 Å². The summed E-state index contributed by atoms with van der Waals surface area (Å²) < 4.78 is 0. The summed E-state index contributed by atoms with van der Waals surface area (Å²) in [7, 11) is 1.46. The highest BCUT2D eigenvalue weighted by Crippen LogP contribution is 1.99. The highest BCUT2D eigenvalue weighted by molar-refractivity contribution is 6.35. The molecule has 0 rings (SSSR count). The third kappa shape index (κ3) is 22.7. The van der Waals surface area contributed by atoms with Crippen molar-refractivity contribution in [1.82, 2.24) is 0 Å². The molecule has 0 spiro atoms. The Balaban J connectivity index is 0. The van der Waals surface area contributed by atoms with Crippen molar-refractivity contribution in [2.45, 2.75) is 71.9 Å². The first-order chi connectivity index (χ1) is 6.83.